The average molecular weight is 171 g/mol. The summed E-state index contributed by atoms with van der Waals surface area (Å²) in [5.41, 5.74) is 0.956. The van der Waals surface area contributed by atoms with Crippen LogP contribution in [-0.2, 0) is 9.84 Å². The second kappa shape index (κ2) is 2.62. The average Bonchev–Trinajstić information content (AvgIpc) is 1.86. The Morgan fingerprint density at radius 3 is 2.36 bits per heavy atom. The van der Waals surface area contributed by atoms with Crippen LogP contribution in [-0.4, -0.2) is 19.7 Å². The highest BCUT2D eigenvalue weighted by atomic mass is 32.2. The first-order valence-corrected chi connectivity index (χ1v) is 5.02. The van der Waals surface area contributed by atoms with Crippen LogP contribution in [0.5, 0.6) is 0 Å². The largest absolute Gasteiger partial charge is 0.244 e. The topological polar surface area (TPSA) is 47.0 Å². The van der Waals surface area contributed by atoms with Gasteiger partial charge < -0.3 is 0 Å². The van der Waals surface area contributed by atoms with Gasteiger partial charge >= 0.3 is 0 Å². The van der Waals surface area contributed by atoms with E-state index in [9.17, 15) is 8.42 Å². The van der Waals surface area contributed by atoms with Crippen molar-refractivity contribution in [1.29, 1.82) is 0 Å². The van der Waals surface area contributed by atoms with Crippen molar-refractivity contribution in [3.63, 3.8) is 0 Å². The Morgan fingerprint density at radius 2 is 2.00 bits per heavy atom. The van der Waals surface area contributed by atoms with Crippen LogP contribution in [0.15, 0.2) is 23.4 Å². The molecule has 0 atom stereocenters. The Hall–Kier alpha value is -0.900. The number of hydrogen-bond donors (Lipinski definition) is 0. The Morgan fingerprint density at radius 1 is 1.36 bits per heavy atom. The van der Waals surface area contributed by atoms with Gasteiger partial charge in [-0.05, 0) is 18.6 Å². The van der Waals surface area contributed by atoms with E-state index in [0.29, 0.717) is 0 Å². The molecule has 0 spiro atoms. The predicted molar refractivity (Wildman–Crippen MR) is 42.1 cm³/mol. The molecule has 0 unspecified atom stereocenters. The van der Waals surface area contributed by atoms with E-state index in [0.717, 1.165) is 11.8 Å². The summed E-state index contributed by atoms with van der Waals surface area (Å²) in [4.78, 5) is 3.76. The molecule has 0 amide bonds. The van der Waals surface area contributed by atoms with Crippen molar-refractivity contribution in [3.8, 4) is 0 Å². The molecule has 4 heteroatoms. The van der Waals surface area contributed by atoms with Gasteiger partial charge in [0, 0.05) is 12.5 Å². The summed E-state index contributed by atoms with van der Waals surface area (Å²) in [5, 5.41) is 0.128. The quantitative estimate of drug-likeness (QED) is 0.627. The number of pyridine rings is 1. The lowest BCUT2D eigenvalue weighted by Crippen LogP contribution is -1.99. The van der Waals surface area contributed by atoms with Gasteiger partial charge in [-0.1, -0.05) is 6.07 Å². The van der Waals surface area contributed by atoms with E-state index in [1.165, 1.54) is 12.3 Å². The molecule has 0 aliphatic carbocycles. The van der Waals surface area contributed by atoms with Crippen molar-refractivity contribution >= 4 is 9.84 Å². The van der Waals surface area contributed by atoms with Gasteiger partial charge in [-0.3, -0.25) is 0 Å². The van der Waals surface area contributed by atoms with E-state index in [1.54, 1.807) is 6.07 Å². The minimum absolute atomic E-state index is 0.128. The van der Waals surface area contributed by atoms with Gasteiger partial charge in [0.05, 0.1) is 0 Å². The summed E-state index contributed by atoms with van der Waals surface area (Å²) < 4.78 is 21.8. The highest BCUT2D eigenvalue weighted by Crippen LogP contribution is 2.04. The third kappa shape index (κ3) is 2.01. The highest BCUT2D eigenvalue weighted by molar-refractivity contribution is 7.90. The molecule has 0 saturated heterocycles. The maximum absolute atomic E-state index is 10.9. The Bertz CT molecular complexity index is 339. The molecule has 0 aromatic carbocycles. The first-order chi connectivity index (χ1) is 5.00. The summed E-state index contributed by atoms with van der Waals surface area (Å²) in [6.45, 7) is 1.86. The third-order valence-electron chi connectivity index (χ3n) is 1.26. The van der Waals surface area contributed by atoms with E-state index in [2.05, 4.69) is 4.98 Å². The standard InChI is InChI=1S/C7H9NO2S/c1-6-3-4-7(8-5-6)11(2,9)10/h3-5H,1-2H3. The zero-order chi connectivity index (χ0) is 8.48. The van der Waals surface area contributed by atoms with E-state index in [-0.39, 0.29) is 5.03 Å². The third-order valence-corrected chi connectivity index (χ3v) is 2.27. The van der Waals surface area contributed by atoms with Crippen LogP contribution in [0.1, 0.15) is 5.56 Å². The molecule has 0 aliphatic rings. The van der Waals surface area contributed by atoms with E-state index >= 15 is 0 Å². The van der Waals surface area contributed by atoms with Crippen molar-refractivity contribution in [2.45, 2.75) is 11.9 Å². The monoisotopic (exact) mass is 171 g/mol. The molecule has 0 fully saturated rings. The maximum atomic E-state index is 10.9. The van der Waals surface area contributed by atoms with Crippen molar-refractivity contribution < 1.29 is 8.42 Å². The zero-order valence-corrected chi connectivity index (χ0v) is 7.22. The van der Waals surface area contributed by atoms with Gasteiger partial charge in [0.15, 0.2) is 14.9 Å². The Labute approximate surface area is 66.0 Å². The molecular weight excluding hydrogens is 162 g/mol. The Kier molecular flexibility index (Phi) is 1.95. The van der Waals surface area contributed by atoms with Crippen molar-refractivity contribution in [1.82, 2.24) is 4.98 Å². The van der Waals surface area contributed by atoms with Gasteiger partial charge in [0.25, 0.3) is 0 Å². The van der Waals surface area contributed by atoms with Crippen LogP contribution >= 0.6 is 0 Å². The second-order valence-electron chi connectivity index (χ2n) is 2.45. The minimum Gasteiger partial charge on any atom is -0.244 e. The lowest BCUT2D eigenvalue weighted by molar-refractivity contribution is 0.598. The fraction of sp³-hybridized carbons (Fsp3) is 0.286. The van der Waals surface area contributed by atoms with Crippen molar-refractivity contribution in [2.24, 2.45) is 0 Å². The molecule has 1 aromatic rings. The fourth-order valence-electron chi connectivity index (χ4n) is 0.674. The molecule has 0 N–H and O–H groups in total. The van der Waals surface area contributed by atoms with Crippen LogP contribution in [0.25, 0.3) is 0 Å². The summed E-state index contributed by atoms with van der Waals surface area (Å²) in [5.74, 6) is 0. The van der Waals surface area contributed by atoms with Crippen LogP contribution in [0.3, 0.4) is 0 Å². The second-order valence-corrected chi connectivity index (χ2v) is 4.41. The number of hydrogen-bond acceptors (Lipinski definition) is 3. The Balaban J connectivity index is 3.20. The molecule has 60 valence electrons. The van der Waals surface area contributed by atoms with Crippen LogP contribution < -0.4 is 0 Å². The van der Waals surface area contributed by atoms with Gasteiger partial charge in [0.1, 0.15) is 0 Å². The van der Waals surface area contributed by atoms with E-state index in [4.69, 9.17) is 0 Å². The smallest absolute Gasteiger partial charge is 0.192 e. The summed E-state index contributed by atoms with van der Waals surface area (Å²) in [6.07, 6.45) is 2.68. The van der Waals surface area contributed by atoms with Crippen molar-refractivity contribution in [3.05, 3.63) is 23.9 Å². The number of rotatable bonds is 1. The first kappa shape index (κ1) is 8.20. The molecule has 0 saturated carbocycles. The first-order valence-electron chi connectivity index (χ1n) is 3.13. The minimum atomic E-state index is -3.13. The highest BCUT2D eigenvalue weighted by Gasteiger charge is 2.06. The molecule has 11 heavy (non-hydrogen) atoms. The van der Waals surface area contributed by atoms with E-state index in [1.807, 2.05) is 6.92 Å². The molecule has 3 nitrogen and oxygen atoms in total. The fourth-order valence-corrected chi connectivity index (χ4v) is 1.23. The SMILES string of the molecule is Cc1ccc(S(C)(=O)=O)nc1. The number of sulfone groups is 1. The zero-order valence-electron chi connectivity index (χ0n) is 6.40. The van der Waals surface area contributed by atoms with Crippen LogP contribution in [0, 0.1) is 6.92 Å². The number of nitrogens with zero attached hydrogens (tertiary/aromatic N) is 1. The molecule has 0 bridgehead atoms. The molecule has 1 heterocycles. The predicted octanol–water partition coefficient (Wildman–Crippen LogP) is 0.794. The summed E-state index contributed by atoms with van der Waals surface area (Å²) in [7, 11) is -3.13. The van der Waals surface area contributed by atoms with Gasteiger partial charge in [-0.25, -0.2) is 13.4 Å². The molecular formula is C7H9NO2S. The summed E-state index contributed by atoms with van der Waals surface area (Å²) in [6, 6.07) is 3.23. The van der Waals surface area contributed by atoms with Crippen molar-refractivity contribution in [2.75, 3.05) is 6.26 Å². The van der Waals surface area contributed by atoms with Gasteiger partial charge in [-0.2, -0.15) is 0 Å². The van der Waals surface area contributed by atoms with Gasteiger partial charge in [0.2, 0.25) is 0 Å². The normalized spacial score (nSPS) is 11.5. The lowest BCUT2D eigenvalue weighted by Gasteiger charge is -1.95. The number of aromatic nitrogens is 1. The summed E-state index contributed by atoms with van der Waals surface area (Å²) >= 11 is 0. The van der Waals surface area contributed by atoms with Crippen LogP contribution in [0.4, 0.5) is 0 Å². The maximum Gasteiger partial charge on any atom is 0.192 e. The molecule has 0 radical (unpaired) electrons. The molecule has 1 aromatic heterocycles. The lowest BCUT2D eigenvalue weighted by atomic mass is 10.3. The number of aryl methyl sites for hydroxylation is 1. The van der Waals surface area contributed by atoms with Gasteiger partial charge in [-0.15, -0.1) is 0 Å². The van der Waals surface area contributed by atoms with E-state index < -0.39 is 9.84 Å². The molecule has 0 aliphatic heterocycles. The molecule has 1 rings (SSSR count). The van der Waals surface area contributed by atoms with Crippen LogP contribution in [0.2, 0.25) is 0 Å².